The van der Waals surface area contributed by atoms with Gasteiger partial charge < -0.3 is 5.32 Å². The Morgan fingerprint density at radius 2 is 2.24 bits per heavy atom. The van der Waals surface area contributed by atoms with Gasteiger partial charge in [0.25, 0.3) is 0 Å². The van der Waals surface area contributed by atoms with E-state index >= 15 is 0 Å². The van der Waals surface area contributed by atoms with Gasteiger partial charge in [-0.15, -0.1) is 0 Å². The molecule has 2 aliphatic rings. The second-order valence-corrected chi connectivity index (χ2v) is 5.16. The summed E-state index contributed by atoms with van der Waals surface area (Å²) in [5, 5.41) is 3.52. The van der Waals surface area contributed by atoms with Crippen molar-refractivity contribution in [3.8, 4) is 0 Å². The first kappa shape index (κ1) is 11.0. The fraction of sp³-hybridized carbons (Fsp3) is 0.692. The maximum absolute atomic E-state index is 4.43. The molecular weight excluding hydrogens is 212 g/mol. The smallest absolute Gasteiger partial charge is 0.223 e. The summed E-state index contributed by atoms with van der Waals surface area (Å²) in [7, 11) is 0. The quantitative estimate of drug-likeness (QED) is 0.844. The number of hydrogen-bond acceptors (Lipinski definition) is 4. The van der Waals surface area contributed by atoms with Crippen molar-refractivity contribution >= 4 is 5.95 Å². The van der Waals surface area contributed by atoms with Crippen molar-refractivity contribution in [2.45, 2.75) is 44.7 Å². The van der Waals surface area contributed by atoms with Crippen LogP contribution in [0.3, 0.4) is 0 Å². The summed E-state index contributed by atoms with van der Waals surface area (Å²) in [6.07, 6.45) is 7.11. The number of rotatable bonds is 2. The summed E-state index contributed by atoms with van der Waals surface area (Å²) in [4.78, 5) is 11.4. The van der Waals surface area contributed by atoms with Gasteiger partial charge >= 0.3 is 0 Å². The Balaban J connectivity index is 1.69. The molecule has 0 bridgehead atoms. The molecule has 0 saturated carbocycles. The third-order valence-corrected chi connectivity index (χ3v) is 3.97. The lowest BCUT2D eigenvalue weighted by Crippen LogP contribution is -2.42. The first-order valence-electron chi connectivity index (χ1n) is 6.63. The lowest BCUT2D eigenvalue weighted by atomic mass is 9.99. The van der Waals surface area contributed by atoms with E-state index in [0.717, 1.165) is 11.6 Å². The van der Waals surface area contributed by atoms with Gasteiger partial charge in [-0.25, -0.2) is 9.97 Å². The van der Waals surface area contributed by atoms with E-state index < -0.39 is 0 Å². The summed E-state index contributed by atoms with van der Waals surface area (Å²) < 4.78 is 0. The number of nitrogens with zero attached hydrogens (tertiary/aromatic N) is 3. The van der Waals surface area contributed by atoms with E-state index in [1.165, 1.54) is 38.8 Å². The van der Waals surface area contributed by atoms with E-state index in [1.54, 1.807) is 0 Å². The maximum Gasteiger partial charge on any atom is 0.223 e. The largest absolute Gasteiger partial charge is 0.350 e. The number of fused-ring (bicyclic) bond motifs is 1. The van der Waals surface area contributed by atoms with E-state index in [4.69, 9.17) is 0 Å². The fourth-order valence-electron chi connectivity index (χ4n) is 3.10. The SMILES string of the molecule is Cc1ccnc(NC2CCN3CCCCC23)n1. The highest BCUT2D eigenvalue weighted by Crippen LogP contribution is 2.28. The molecule has 1 aromatic heterocycles. The number of hydrogen-bond donors (Lipinski definition) is 1. The second kappa shape index (κ2) is 4.61. The molecule has 3 heterocycles. The summed E-state index contributed by atoms with van der Waals surface area (Å²) in [6, 6.07) is 3.18. The highest BCUT2D eigenvalue weighted by molar-refractivity contribution is 5.28. The fourth-order valence-corrected chi connectivity index (χ4v) is 3.10. The molecule has 1 N–H and O–H groups in total. The number of aryl methyl sites for hydroxylation is 1. The molecule has 2 aliphatic heterocycles. The molecule has 17 heavy (non-hydrogen) atoms. The Kier molecular flexibility index (Phi) is 2.97. The maximum atomic E-state index is 4.43. The van der Waals surface area contributed by atoms with Crippen molar-refractivity contribution in [2.24, 2.45) is 0 Å². The van der Waals surface area contributed by atoms with Crippen molar-refractivity contribution in [1.82, 2.24) is 14.9 Å². The van der Waals surface area contributed by atoms with Gasteiger partial charge in [-0.05, 0) is 38.8 Å². The molecule has 2 atom stereocenters. The summed E-state index contributed by atoms with van der Waals surface area (Å²) >= 11 is 0. The van der Waals surface area contributed by atoms with E-state index in [1.807, 2.05) is 19.2 Å². The number of aromatic nitrogens is 2. The Labute approximate surface area is 102 Å². The zero-order chi connectivity index (χ0) is 11.7. The molecule has 4 heteroatoms. The summed E-state index contributed by atoms with van der Waals surface area (Å²) in [5.41, 5.74) is 1.03. The van der Waals surface area contributed by atoms with Crippen molar-refractivity contribution in [2.75, 3.05) is 18.4 Å². The topological polar surface area (TPSA) is 41.1 Å². The van der Waals surface area contributed by atoms with E-state index in [0.29, 0.717) is 12.1 Å². The normalized spacial score (nSPS) is 29.0. The lowest BCUT2D eigenvalue weighted by Gasteiger charge is -2.32. The van der Waals surface area contributed by atoms with Crippen LogP contribution in [-0.4, -0.2) is 40.0 Å². The molecule has 1 aromatic rings. The standard InChI is InChI=1S/C13H20N4/c1-10-5-7-14-13(15-10)16-11-6-9-17-8-3-2-4-12(11)17/h5,7,11-12H,2-4,6,8-9H2,1H3,(H,14,15,16). The molecule has 0 radical (unpaired) electrons. The van der Waals surface area contributed by atoms with Gasteiger partial charge in [0.15, 0.2) is 0 Å². The van der Waals surface area contributed by atoms with Crippen LogP contribution in [0, 0.1) is 6.92 Å². The lowest BCUT2D eigenvalue weighted by molar-refractivity contribution is 0.192. The molecule has 2 unspecified atom stereocenters. The average Bonchev–Trinajstić information content (AvgIpc) is 2.73. The summed E-state index contributed by atoms with van der Waals surface area (Å²) in [5.74, 6) is 0.794. The first-order chi connectivity index (χ1) is 8.33. The highest BCUT2D eigenvalue weighted by Gasteiger charge is 2.35. The van der Waals surface area contributed by atoms with Gasteiger partial charge in [-0.3, -0.25) is 4.90 Å². The average molecular weight is 232 g/mol. The number of anilines is 1. The zero-order valence-corrected chi connectivity index (χ0v) is 10.4. The molecular formula is C13H20N4. The summed E-state index contributed by atoms with van der Waals surface area (Å²) in [6.45, 7) is 4.51. The van der Waals surface area contributed by atoms with E-state index in [2.05, 4.69) is 20.2 Å². The number of piperidine rings is 1. The number of nitrogens with one attached hydrogen (secondary N) is 1. The van der Waals surface area contributed by atoms with Gasteiger partial charge in [0.05, 0.1) is 0 Å². The molecule has 2 saturated heterocycles. The van der Waals surface area contributed by atoms with Crippen molar-refractivity contribution < 1.29 is 0 Å². The van der Waals surface area contributed by atoms with Crippen LogP contribution in [0.1, 0.15) is 31.4 Å². The van der Waals surface area contributed by atoms with Gasteiger partial charge in [0, 0.05) is 30.5 Å². The Morgan fingerprint density at radius 1 is 1.29 bits per heavy atom. The van der Waals surface area contributed by atoms with Gasteiger partial charge in [0.2, 0.25) is 5.95 Å². The molecule has 0 spiro atoms. The van der Waals surface area contributed by atoms with Crippen LogP contribution in [-0.2, 0) is 0 Å². The molecule has 4 nitrogen and oxygen atoms in total. The molecule has 92 valence electrons. The van der Waals surface area contributed by atoms with E-state index in [9.17, 15) is 0 Å². The van der Waals surface area contributed by atoms with Crippen LogP contribution in [0.2, 0.25) is 0 Å². The predicted octanol–water partition coefficient (Wildman–Crippen LogP) is 1.82. The third-order valence-electron chi connectivity index (χ3n) is 3.97. The van der Waals surface area contributed by atoms with Crippen LogP contribution < -0.4 is 5.32 Å². The molecule has 0 aromatic carbocycles. The van der Waals surface area contributed by atoms with E-state index in [-0.39, 0.29) is 0 Å². The third kappa shape index (κ3) is 2.27. The Bertz CT molecular complexity index is 393. The van der Waals surface area contributed by atoms with Gasteiger partial charge in [-0.1, -0.05) is 6.42 Å². The van der Waals surface area contributed by atoms with Crippen molar-refractivity contribution in [3.05, 3.63) is 18.0 Å². The molecule has 0 amide bonds. The first-order valence-corrected chi connectivity index (χ1v) is 6.63. The minimum absolute atomic E-state index is 0.539. The monoisotopic (exact) mass is 232 g/mol. The van der Waals surface area contributed by atoms with Crippen molar-refractivity contribution in [3.63, 3.8) is 0 Å². The zero-order valence-electron chi connectivity index (χ0n) is 10.4. The van der Waals surface area contributed by atoms with Crippen LogP contribution >= 0.6 is 0 Å². The Hall–Kier alpha value is -1.16. The van der Waals surface area contributed by atoms with Crippen LogP contribution in [0.5, 0.6) is 0 Å². The molecule has 3 rings (SSSR count). The van der Waals surface area contributed by atoms with Gasteiger partial charge in [-0.2, -0.15) is 0 Å². The van der Waals surface area contributed by atoms with Gasteiger partial charge in [0.1, 0.15) is 0 Å². The highest BCUT2D eigenvalue weighted by atomic mass is 15.2. The Morgan fingerprint density at radius 3 is 3.12 bits per heavy atom. The van der Waals surface area contributed by atoms with Crippen LogP contribution in [0.25, 0.3) is 0 Å². The molecule has 0 aliphatic carbocycles. The minimum atomic E-state index is 0.539. The minimum Gasteiger partial charge on any atom is -0.350 e. The van der Waals surface area contributed by atoms with Crippen molar-refractivity contribution in [1.29, 1.82) is 0 Å². The second-order valence-electron chi connectivity index (χ2n) is 5.16. The molecule has 2 fully saturated rings. The van der Waals surface area contributed by atoms with Crippen LogP contribution in [0.4, 0.5) is 5.95 Å². The van der Waals surface area contributed by atoms with Crippen LogP contribution in [0.15, 0.2) is 12.3 Å². The predicted molar refractivity (Wildman–Crippen MR) is 68.0 cm³/mol.